The highest BCUT2D eigenvalue weighted by molar-refractivity contribution is 6.35. The van der Waals surface area contributed by atoms with Crippen molar-refractivity contribution >= 4 is 52.6 Å². The third-order valence-electron chi connectivity index (χ3n) is 6.00. The molecule has 39 heavy (non-hydrogen) atoms. The summed E-state index contributed by atoms with van der Waals surface area (Å²) in [6, 6.07) is 19.8. The Morgan fingerprint density at radius 1 is 0.949 bits per heavy atom. The van der Waals surface area contributed by atoms with E-state index in [1.54, 1.807) is 36.4 Å². The second-order valence-electron chi connectivity index (χ2n) is 8.71. The maximum atomic E-state index is 13.5. The number of nitrogens with one attached hydrogen (secondary N) is 1. The minimum Gasteiger partial charge on any atom is -0.481 e. The molecule has 0 aliphatic rings. The zero-order valence-corrected chi connectivity index (χ0v) is 22.7. The third-order valence-corrected chi connectivity index (χ3v) is 6.79. The number of halogens is 3. The van der Waals surface area contributed by atoms with Crippen LogP contribution in [-0.4, -0.2) is 38.7 Å². The van der Waals surface area contributed by atoms with E-state index in [9.17, 15) is 19.5 Å². The van der Waals surface area contributed by atoms with E-state index >= 15 is 0 Å². The van der Waals surface area contributed by atoms with Crippen molar-refractivity contribution in [2.75, 3.05) is 0 Å². The van der Waals surface area contributed by atoms with Gasteiger partial charge in [-0.3, -0.25) is 14.4 Å². The lowest BCUT2D eigenvalue weighted by atomic mass is 10.0. The van der Waals surface area contributed by atoms with Crippen LogP contribution < -0.4 is 11.1 Å². The van der Waals surface area contributed by atoms with E-state index in [-0.39, 0.29) is 22.7 Å². The average molecular weight is 586 g/mol. The highest BCUT2D eigenvalue weighted by atomic mass is 35.5. The third kappa shape index (κ3) is 6.78. The van der Waals surface area contributed by atoms with Crippen LogP contribution in [0.3, 0.4) is 0 Å². The molecule has 2 amide bonds. The quantitative estimate of drug-likeness (QED) is 0.231. The number of aliphatic carboxylic acids is 1. The molecule has 0 saturated heterocycles. The zero-order valence-electron chi connectivity index (χ0n) is 20.4. The van der Waals surface area contributed by atoms with Gasteiger partial charge in [-0.1, -0.05) is 77.3 Å². The van der Waals surface area contributed by atoms with Crippen LogP contribution in [0.1, 0.15) is 28.0 Å². The molecule has 0 radical (unpaired) electrons. The normalized spacial score (nSPS) is 11.7. The number of carboxylic acids is 1. The molecule has 0 spiro atoms. The molecule has 200 valence electrons. The van der Waals surface area contributed by atoms with Gasteiger partial charge in [0.15, 0.2) is 5.69 Å². The molecule has 0 saturated carbocycles. The van der Waals surface area contributed by atoms with Gasteiger partial charge in [-0.2, -0.15) is 5.10 Å². The maximum absolute atomic E-state index is 13.5. The van der Waals surface area contributed by atoms with Crippen molar-refractivity contribution in [3.05, 3.63) is 105 Å². The van der Waals surface area contributed by atoms with Gasteiger partial charge in [0, 0.05) is 21.2 Å². The summed E-state index contributed by atoms with van der Waals surface area (Å²) < 4.78 is 1.39. The molecule has 4 rings (SSSR count). The van der Waals surface area contributed by atoms with E-state index in [1.807, 2.05) is 30.3 Å². The van der Waals surface area contributed by atoms with Gasteiger partial charge in [0.2, 0.25) is 5.91 Å². The lowest BCUT2D eigenvalue weighted by Gasteiger charge is -2.15. The van der Waals surface area contributed by atoms with Gasteiger partial charge >= 0.3 is 5.97 Å². The fraction of sp³-hybridized carbons (Fsp3) is 0.143. The van der Waals surface area contributed by atoms with E-state index in [1.165, 1.54) is 10.7 Å². The number of nitrogens with zero attached hydrogens (tertiary/aromatic N) is 2. The average Bonchev–Trinajstić information content (AvgIpc) is 3.25. The molecule has 1 atom stereocenters. The summed E-state index contributed by atoms with van der Waals surface area (Å²) in [5, 5.41) is 17.9. The number of amides is 2. The molecule has 0 aliphatic heterocycles. The monoisotopic (exact) mass is 584 g/mol. The SMILES string of the molecule is NC(=O)C(CCc1ccccc1)NC(=O)c1nn(-c2ccc(Cl)cc2Cl)c(-c2ccc(Cl)cc2)c1CC(=O)O. The molecule has 11 heteroatoms. The topological polar surface area (TPSA) is 127 Å². The summed E-state index contributed by atoms with van der Waals surface area (Å²) in [5.74, 6) is -2.66. The number of carbonyl (C=O) groups excluding carboxylic acids is 2. The summed E-state index contributed by atoms with van der Waals surface area (Å²) in [7, 11) is 0. The van der Waals surface area contributed by atoms with E-state index in [2.05, 4.69) is 10.4 Å². The Hall–Kier alpha value is -3.85. The molecule has 0 bridgehead atoms. The van der Waals surface area contributed by atoms with Gasteiger partial charge in [0.25, 0.3) is 5.91 Å². The van der Waals surface area contributed by atoms with E-state index < -0.39 is 30.2 Å². The largest absolute Gasteiger partial charge is 0.481 e. The van der Waals surface area contributed by atoms with Gasteiger partial charge in [-0.05, 0) is 48.7 Å². The van der Waals surface area contributed by atoms with E-state index in [0.717, 1.165) is 5.56 Å². The van der Waals surface area contributed by atoms with Gasteiger partial charge in [-0.15, -0.1) is 0 Å². The molecule has 3 aromatic carbocycles. The van der Waals surface area contributed by atoms with Crippen LogP contribution in [0.5, 0.6) is 0 Å². The van der Waals surface area contributed by atoms with Crippen molar-refractivity contribution in [2.24, 2.45) is 5.73 Å². The lowest BCUT2D eigenvalue weighted by molar-refractivity contribution is -0.136. The van der Waals surface area contributed by atoms with Gasteiger partial charge in [-0.25, -0.2) is 4.68 Å². The molecule has 4 N–H and O–H groups in total. The number of hydrogen-bond acceptors (Lipinski definition) is 4. The Morgan fingerprint density at radius 2 is 1.62 bits per heavy atom. The number of hydrogen-bond donors (Lipinski definition) is 3. The molecule has 8 nitrogen and oxygen atoms in total. The first-order chi connectivity index (χ1) is 18.6. The maximum Gasteiger partial charge on any atom is 0.307 e. The Labute approximate surface area is 239 Å². The van der Waals surface area contributed by atoms with Crippen molar-refractivity contribution in [3.63, 3.8) is 0 Å². The van der Waals surface area contributed by atoms with Crippen molar-refractivity contribution < 1.29 is 19.5 Å². The van der Waals surface area contributed by atoms with E-state index in [0.29, 0.717) is 33.4 Å². The summed E-state index contributed by atoms with van der Waals surface area (Å²) in [5.41, 5.74) is 7.74. The fourth-order valence-corrected chi connectivity index (χ4v) is 4.77. The summed E-state index contributed by atoms with van der Waals surface area (Å²) in [4.78, 5) is 37.7. The van der Waals surface area contributed by atoms with E-state index in [4.69, 9.17) is 40.5 Å². The second kappa shape index (κ2) is 12.3. The van der Waals surface area contributed by atoms with Gasteiger partial charge in [0.05, 0.1) is 22.8 Å². The minimum absolute atomic E-state index is 0.125. The number of rotatable bonds is 10. The van der Waals surface area contributed by atoms with Gasteiger partial charge < -0.3 is 16.2 Å². The van der Waals surface area contributed by atoms with Crippen molar-refractivity contribution in [3.8, 4) is 16.9 Å². The molecular formula is C28H23Cl3N4O4. The van der Waals surface area contributed by atoms with Crippen molar-refractivity contribution in [1.82, 2.24) is 15.1 Å². The first-order valence-corrected chi connectivity index (χ1v) is 13.0. The van der Waals surface area contributed by atoms with Crippen molar-refractivity contribution in [1.29, 1.82) is 0 Å². The first kappa shape index (κ1) is 28.2. The number of carbonyl (C=O) groups is 3. The Bertz CT molecular complexity index is 1520. The number of carboxylic acid groups (broad SMARTS) is 1. The molecular weight excluding hydrogens is 563 g/mol. The van der Waals surface area contributed by atoms with Crippen LogP contribution in [0.25, 0.3) is 16.9 Å². The first-order valence-electron chi connectivity index (χ1n) is 11.8. The highest BCUT2D eigenvalue weighted by Gasteiger charge is 2.29. The van der Waals surface area contributed by atoms with Crippen LogP contribution in [-0.2, 0) is 22.4 Å². The van der Waals surface area contributed by atoms with Crippen molar-refractivity contribution in [2.45, 2.75) is 25.3 Å². The van der Waals surface area contributed by atoms with Crippen LogP contribution in [0, 0.1) is 0 Å². The van der Waals surface area contributed by atoms with Crippen LogP contribution in [0.4, 0.5) is 0 Å². The number of aromatic nitrogens is 2. The Morgan fingerprint density at radius 3 is 2.23 bits per heavy atom. The summed E-state index contributed by atoms with van der Waals surface area (Å²) in [6.07, 6.45) is 0.200. The number of primary amides is 1. The molecule has 0 fully saturated rings. The molecule has 1 aromatic heterocycles. The fourth-order valence-electron chi connectivity index (χ4n) is 4.15. The highest BCUT2D eigenvalue weighted by Crippen LogP contribution is 2.34. The molecule has 4 aromatic rings. The van der Waals surface area contributed by atoms with Crippen LogP contribution >= 0.6 is 34.8 Å². The smallest absolute Gasteiger partial charge is 0.307 e. The molecule has 1 heterocycles. The summed E-state index contributed by atoms with van der Waals surface area (Å²) >= 11 is 18.6. The second-order valence-corrected chi connectivity index (χ2v) is 9.99. The number of nitrogens with two attached hydrogens (primary N) is 1. The predicted molar refractivity (Wildman–Crippen MR) is 151 cm³/mol. The number of benzene rings is 3. The molecule has 1 unspecified atom stereocenters. The summed E-state index contributed by atoms with van der Waals surface area (Å²) in [6.45, 7) is 0. The lowest BCUT2D eigenvalue weighted by Crippen LogP contribution is -2.45. The molecule has 0 aliphatic carbocycles. The zero-order chi connectivity index (χ0) is 28.1. The van der Waals surface area contributed by atoms with Gasteiger partial charge in [0.1, 0.15) is 6.04 Å². The van der Waals surface area contributed by atoms with Crippen LogP contribution in [0.2, 0.25) is 15.1 Å². The standard InChI is InChI=1S/C28H23Cl3N4O4/c29-18-9-7-17(8-10-18)26-20(15-24(36)37)25(34-35(26)23-13-11-19(30)14-21(23)31)28(39)33-22(27(32)38)12-6-16-4-2-1-3-5-16/h1-5,7-11,13-14,22H,6,12,15H2,(H2,32,38)(H,33,39)(H,36,37). The Balaban J connectivity index is 1.80. The number of aryl methyl sites for hydroxylation is 1. The van der Waals surface area contributed by atoms with Crippen LogP contribution in [0.15, 0.2) is 72.8 Å². The predicted octanol–water partition coefficient (Wildman–Crippen LogP) is 5.34. The Kier molecular flexibility index (Phi) is 8.91. The minimum atomic E-state index is -1.18.